The normalized spacial score (nSPS) is 9.64. The molecule has 0 atom stereocenters. The first-order valence-corrected chi connectivity index (χ1v) is 4.07. The maximum atomic E-state index is 9.86. The van der Waals surface area contributed by atoms with E-state index >= 15 is 0 Å². The van der Waals surface area contributed by atoms with Crippen LogP contribution in [0.25, 0.3) is 0 Å². The van der Waals surface area contributed by atoms with Gasteiger partial charge in [0.1, 0.15) is 0 Å². The summed E-state index contributed by atoms with van der Waals surface area (Å²) in [5, 5.41) is 8.11. The summed E-state index contributed by atoms with van der Waals surface area (Å²) >= 11 is 0. The lowest BCUT2D eigenvalue weighted by Crippen LogP contribution is -2.09. The summed E-state index contributed by atoms with van der Waals surface area (Å²) in [4.78, 5) is 11.9. The smallest absolute Gasteiger partial charge is 0.330 e. The van der Waals surface area contributed by atoms with Gasteiger partial charge in [0, 0.05) is 12.1 Å². The molecule has 0 aliphatic carbocycles. The van der Waals surface area contributed by atoms with Crippen LogP contribution in [0.4, 0.5) is 0 Å². The second-order valence-corrected chi connectivity index (χ2v) is 2.83. The van der Waals surface area contributed by atoms with E-state index in [2.05, 4.69) is 11.5 Å². The molecule has 3 nitrogen and oxygen atoms in total. The summed E-state index contributed by atoms with van der Waals surface area (Å²) in [6.45, 7) is 7.79. The summed E-state index contributed by atoms with van der Waals surface area (Å²) in [6, 6.07) is 0. The topological polar surface area (TPSA) is 40.5 Å². The first-order chi connectivity index (χ1) is 5.95. The Morgan fingerprint density at radius 1 is 1.50 bits per heavy atom. The van der Waals surface area contributed by atoms with Gasteiger partial charge in [-0.3, -0.25) is 0 Å². The molecule has 1 N–H and O–H groups in total. The average molecular weight is 222 g/mol. The van der Waals surface area contributed by atoms with Crippen LogP contribution in [0.1, 0.15) is 13.8 Å². The Bertz CT molecular complexity index is 189. The quantitative estimate of drug-likeness (QED) is 0.587. The van der Waals surface area contributed by atoms with Gasteiger partial charge in [0.15, 0.2) is 0 Å². The molecule has 0 spiro atoms. The average Bonchev–Trinajstić information content (AvgIpc) is 2.03. The van der Waals surface area contributed by atoms with Gasteiger partial charge in [0.05, 0.1) is 0 Å². The van der Waals surface area contributed by atoms with Gasteiger partial charge in [-0.15, -0.1) is 19.0 Å². The maximum Gasteiger partial charge on any atom is 0.330 e. The Morgan fingerprint density at radius 2 is 1.93 bits per heavy atom. The fraction of sp³-hybridized carbons (Fsp3) is 0.500. The van der Waals surface area contributed by atoms with Gasteiger partial charge >= 0.3 is 5.97 Å². The van der Waals surface area contributed by atoms with Gasteiger partial charge in [-0.2, -0.15) is 0 Å². The molecule has 0 saturated heterocycles. The van der Waals surface area contributed by atoms with Crippen molar-refractivity contribution in [3.8, 4) is 0 Å². The van der Waals surface area contributed by atoms with E-state index < -0.39 is 5.97 Å². The minimum absolute atomic E-state index is 0. The molecule has 0 amide bonds. The van der Waals surface area contributed by atoms with E-state index in [0.29, 0.717) is 5.57 Å². The second kappa shape index (κ2) is 12.2. The molecule has 0 saturated carbocycles. The predicted octanol–water partition coefficient (Wildman–Crippen LogP) is 2.19. The number of likely N-dealkylation sites (N-methyl/N-ethyl adjacent to an activating group) is 1. The van der Waals surface area contributed by atoms with Crippen molar-refractivity contribution in [3.63, 3.8) is 0 Å². The molecule has 0 rings (SSSR count). The molecule has 0 aromatic rings. The standard InChI is InChI=1S/C5H11N.C5H8O2.ClH/c1-4-5-6(2)3;1-3-4(2)5(6)7;/h4H,1,5H2,2-3H3;3H,1-2H3,(H,6,7);1H. The highest BCUT2D eigenvalue weighted by Gasteiger charge is 1.93. The first-order valence-electron chi connectivity index (χ1n) is 4.07. The zero-order valence-corrected chi connectivity index (χ0v) is 10.1. The molecule has 0 radical (unpaired) electrons. The van der Waals surface area contributed by atoms with E-state index in [4.69, 9.17) is 5.11 Å². The Balaban J connectivity index is -0.000000163. The predicted molar refractivity (Wildman–Crippen MR) is 63.1 cm³/mol. The Hall–Kier alpha value is -0.800. The fourth-order valence-corrected chi connectivity index (χ4v) is 0.382. The highest BCUT2D eigenvalue weighted by atomic mass is 35.5. The maximum absolute atomic E-state index is 9.86. The van der Waals surface area contributed by atoms with Crippen LogP contribution in [-0.2, 0) is 4.79 Å². The van der Waals surface area contributed by atoms with Crippen molar-refractivity contribution < 1.29 is 9.90 Å². The number of hydrogen-bond donors (Lipinski definition) is 1. The van der Waals surface area contributed by atoms with Crippen molar-refractivity contribution in [3.05, 3.63) is 24.3 Å². The molecule has 0 aliphatic heterocycles. The molecule has 0 fully saturated rings. The number of nitrogens with zero attached hydrogens (tertiary/aromatic N) is 1. The largest absolute Gasteiger partial charge is 0.478 e. The number of carboxylic acids is 1. The molecule has 0 aromatic heterocycles. The first kappa shape index (κ1) is 18.9. The number of rotatable bonds is 3. The highest BCUT2D eigenvalue weighted by Crippen LogP contribution is 1.87. The fourth-order valence-electron chi connectivity index (χ4n) is 0.382. The van der Waals surface area contributed by atoms with Crippen LogP contribution in [-0.4, -0.2) is 36.6 Å². The number of hydrogen-bond acceptors (Lipinski definition) is 2. The van der Waals surface area contributed by atoms with E-state index in [1.165, 1.54) is 0 Å². The van der Waals surface area contributed by atoms with Crippen molar-refractivity contribution in [2.24, 2.45) is 0 Å². The summed E-state index contributed by atoms with van der Waals surface area (Å²) in [7, 11) is 4.03. The number of carbonyl (C=O) groups is 1. The summed E-state index contributed by atoms with van der Waals surface area (Å²) in [6.07, 6.45) is 3.43. The zero-order valence-electron chi connectivity index (χ0n) is 9.28. The molecule has 4 heteroatoms. The lowest BCUT2D eigenvalue weighted by Gasteiger charge is -2.01. The second-order valence-electron chi connectivity index (χ2n) is 2.83. The van der Waals surface area contributed by atoms with Crippen LogP contribution in [0.2, 0.25) is 0 Å². The van der Waals surface area contributed by atoms with Gasteiger partial charge in [-0.1, -0.05) is 12.2 Å². The third-order valence-electron chi connectivity index (χ3n) is 1.26. The van der Waals surface area contributed by atoms with E-state index in [-0.39, 0.29) is 12.4 Å². The van der Waals surface area contributed by atoms with E-state index in [9.17, 15) is 4.79 Å². The zero-order chi connectivity index (χ0) is 10.9. The van der Waals surface area contributed by atoms with E-state index in [1.807, 2.05) is 20.2 Å². The van der Waals surface area contributed by atoms with Crippen LogP contribution >= 0.6 is 12.4 Å². The molecular formula is C10H20ClNO2. The summed E-state index contributed by atoms with van der Waals surface area (Å²) < 4.78 is 0. The molecule has 0 aliphatic rings. The van der Waals surface area contributed by atoms with Crippen molar-refractivity contribution in [2.75, 3.05) is 20.6 Å². The molecular weight excluding hydrogens is 202 g/mol. The minimum atomic E-state index is -0.845. The van der Waals surface area contributed by atoms with Crippen LogP contribution in [0, 0.1) is 0 Å². The highest BCUT2D eigenvalue weighted by molar-refractivity contribution is 5.85. The number of aliphatic carboxylic acids is 1. The van der Waals surface area contributed by atoms with Gasteiger partial charge in [0.25, 0.3) is 0 Å². The third kappa shape index (κ3) is 17.3. The summed E-state index contributed by atoms with van der Waals surface area (Å²) in [5.74, 6) is -0.845. The van der Waals surface area contributed by atoms with Crippen LogP contribution in [0.5, 0.6) is 0 Å². The Kier molecular flexibility index (Phi) is 16.5. The molecule has 0 bridgehead atoms. The molecule has 0 aromatic carbocycles. The van der Waals surface area contributed by atoms with E-state index in [1.54, 1.807) is 19.9 Å². The minimum Gasteiger partial charge on any atom is -0.478 e. The third-order valence-corrected chi connectivity index (χ3v) is 1.26. The lowest BCUT2D eigenvalue weighted by molar-refractivity contribution is -0.132. The molecule has 0 unspecified atom stereocenters. The van der Waals surface area contributed by atoms with Gasteiger partial charge in [-0.25, -0.2) is 4.79 Å². The van der Waals surface area contributed by atoms with Gasteiger partial charge in [-0.05, 0) is 27.9 Å². The van der Waals surface area contributed by atoms with E-state index in [0.717, 1.165) is 6.54 Å². The number of halogens is 1. The van der Waals surface area contributed by atoms with Crippen LogP contribution in [0.3, 0.4) is 0 Å². The number of carboxylic acid groups (broad SMARTS) is 1. The monoisotopic (exact) mass is 221 g/mol. The van der Waals surface area contributed by atoms with Gasteiger partial charge in [0.2, 0.25) is 0 Å². The SMILES string of the molecule is C=CCN(C)C.CC=C(C)C(=O)O.Cl. The summed E-state index contributed by atoms with van der Waals surface area (Å²) in [5.41, 5.74) is 0.389. The van der Waals surface area contributed by atoms with Crippen molar-refractivity contribution in [1.82, 2.24) is 4.90 Å². The van der Waals surface area contributed by atoms with Crippen molar-refractivity contribution in [1.29, 1.82) is 0 Å². The van der Waals surface area contributed by atoms with Crippen LogP contribution in [0.15, 0.2) is 24.3 Å². The van der Waals surface area contributed by atoms with Crippen molar-refractivity contribution in [2.45, 2.75) is 13.8 Å². The molecule has 84 valence electrons. The lowest BCUT2D eigenvalue weighted by atomic mass is 10.3. The van der Waals surface area contributed by atoms with Crippen molar-refractivity contribution >= 4 is 18.4 Å². The Morgan fingerprint density at radius 3 is 1.93 bits per heavy atom. The van der Waals surface area contributed by atoms with Gasteiger partial charge < -0.3 is 10.0 Å². The molecule has 0 heterocycles. The number of allylic oxidation sites excluding steroid dienone is 1. The Labute approximate surface area is 92.5 Å². The molecule has 14 heavy (non-hydrogen) atoms. The van der Waals surface area contributed by atoms with Crippen LogP contribution < -0.4 is 0 Å².